The van der Waals surface area contributed by atoms with Gasteiger partial charge in [0.1, 0.15) is 0 Å². The van der Waals surface area contributed by atoms with Crippen molar-refractivity contribution in [2.45, 2.75) is 31.2 Å². The predicted octanol–water partition coefficient (Wildman–Crippen LogP) is 2.15. The van der Waals surface area contributed by atoms with Crippen LogP contribution in [-0.2, 0) is 4.74 Å². The lowest BCUT2D eigenvalue weighted by atomic mass is 9.96. The van der Waals surface area contributed by atoms with E-state index in [0.717, 1.165) is 12.8 Å². The maximum absolute atomic E-state index is 12.4. The summed E-state index contributed by atoms with van der Waals surface area (Å²) in [5, 5.41) is 5.86. The van der Waals surface area contributed by atoms with Gasteiger partial charge in [-0.15, -0.1) is 0 Å². The Kier molecular flexibility index (Phi) is 6.34. The number of likely N-dealkylation sites (N-methyl/N-ethyl adjacent to an activating group) is 1. The molecule has 1 saturated carbocycles. The van der Waals surface area contributed by atoms with Crippen molar-refractivity contribution in [2.75, 3.05) is 52.3 Å². The van der Waals surface area contributed by atoms with Gasteiger partial charge in [0, 0.05) is 36.4 Å². The minimum atomic E-state index is -0.213. The van der Waals surface area contributed by atoms with E-state index in [1.54, 1.807) is 29.2 Å². The molecule has 1 aromatic rings. The smallest absolute Gasteiger partial charge is 0.319 e. The molecular weight excluding hydrogens is 344 g/mol. The summed E-state index contributed by atoms with van der Waals surface area (Å²) in [6, 6.07) is 6.84. The van der Waals surface area contributed by atoms with Crippen LogP contribution in [0.2, 0.25) is 0 Å². The summed E-state index contributed by atoms with van der Waals surface area (Å²) in [5.41, 5.74) is 1.36. The number of ether oxygens (including phenoxy) is 1. The summed E-state index contributed by atoms with van der Waals surface area (Å²) in [4.78, 5) is 28.7. The minimum absolute atomic E-state index is 0.00320. The molecule has 1 saturated heterocycles. The monoisotopic (exact) mass is 374 g/mol. The van der Waals surface area contributed by atoms with Crippen LogP contribution in [0, 0.1) is 0 Å². The van der Waals surface area contributed by atoms with Gasteiger partial charge in [-0.2, -0.15) is 0 Å². The fourth-order valence-corrected chi connectivity index (χ4v) is 3.88. The average molecular weight is 374 g/mol. The van der Waals surface area contributed by atoms with Gasteiger partial charge in [-0.05, 0) is 51.2 Å². The molecule has 1 heterocycles. The van der Waals surface area contributed by atoms with Crippen LogP contribution in [-0.4, -0.2) is 74.2 Å². The first-order valence-corrected chi connectivity index (χ1v) is 9.70. The van der Waals surface area contributed by atoms with Gasteiger partial charge >= 0.3 is 6.03 Å². The normalized spacial score (nSPS) is 19.1. The van der Waals surface area contributed by atoms with Crippen LogP contribution in [0.4, 0.5) is 10.5 Å². The summed E-state index contributed by atoms with van der Waals surface area (Å²) < 4.78 is 5.28. The van der Waals surface area contributed by atoms with Gasteiger partial charge in [0.2, 0.25) is 0 Å². The first-order chi connectivity index (χ1) is 13.0. The lowest BCUT2D eigenvalue weighted by molar-refractivity contribution is 0.0303. The van der Waals surface area contributed by atoms with Crippen molar-refractivity contribution in [1.29, 1.82) is 0 Å². The van der Waals surface area contributed by atoms with Gasteiger partial charge in [0.05, 0.1) is 13.2 Å². The molecule has 1 aromatic carbocycles. The van der Waals surface area contributed by atoms with Crippen LogP contribution < -0.4 is 10.6 Å². The van der Waals surface area contributed by atoms with E-state index < -0.39 is 0 Å². The Morgan fingerprint density at radius 2 is 1.74 bits per heavy atom. The molecule has 7 heteroatoms. The van der Waals surface area contributed by atoms with Gasteiger partial charge in [-0.1, -0.05) is 12.8 Å². The summed E-state index contributed by atoms with van der Waals surface area (Å²) in [6.45, 7) is 3.04. The highest BCUT2D eigenvalue weighted by Crippen LogP contribution is 2.33. The Hall–Kier alpha value is -2.12. The van der Waals surface area contributed by atoms with Crippen LogP contribution in [0.5, 0.6) is 0 Å². The number of carbonyl (C=O) groups is 2. The number of carbonyl (C=O) groups excluding carboxylic acids is 2. The molecule has 2 N–H and O–H groups in total. The van der Waals surface area contributed by atoms with Crippen LogP contribution >= 0.6 is 0 Å². The Morgan fingerprint density at radius 3 is 2.33 bits per heavy atom. The lowest BCUT2D eigenvalue weighted by Crippen LogP contribution is -2.51. The lowest BCUT2D eigenvalue weighted by Gasteiger charge is -2.36. The largest absolute Gasteiger partial charge is 0.378 e. The van der Waals surface area contributed by atoms with Crippen molar-refractivity contribution in [2.24, 2.45) is 0 Å². The van der Waals surface area contributed by atoms with Crippen LogP contribution in [0.3, 0.4) is 0 Å². The molecule has 0 atom stereocenters. The highest BCUT2D eigenvalue weighted by atomic mass is 16.5. The van der Waals surface area contributed by atoms with Gasteiger partial charge in [-0.25, -0.2) is 4.79 Å². The predicted molar refractivity (Wildman–Crippen MR) is 105 cm³/mol. The molecule has 7 nitrogen and oxygen atoms in total. The second-order valence-corrected chi connectivity index (χ2v) is 7.62. The molecule has 3 rings (SSSR count). The van der Waals surface area contributed by atoms with Crippen molar-refractivity contribution in [3.05, 3.63) is 29.8 Å². The van der Waals surface area contributed by atoms with Crippen LogP contribution in [0.1, 0.15) is 36.0 Å². The standard InChI is InChI=1S/C20H30N4O3/c1-23(2)20(9-3-4-10-20)15-21-19(26)22-17-7-5-16(6-8-17)18(25)24-11-13-27-14-12-24/h5-8H,3-4,9-15H2,1-2H3,(H2,21,22,26). The van der Waals surface area contributed by atoms with E-state index in [-0.39, 0.29) is 17.5 Å². The summed E-state index contributed by atoms with van der Waals surface area (Å²) >= 11 is 0. The summed E-state index contributed by atoms with van der Waals surface area (Å²) in [6.07, 6.45) is 4.64. The summed E-state index contributed by atoms with van der Waals surface area (Å²) in [7, 11) is 4.16. The molecule has 27 heavy (non-hydrogen) atoms. The molecule has 0 unspecified atom stereocenters. The average Bonchev–Trinajstić information content (AvgIpc) is 3.18. The Labute approximate surface area is 161 Å². The third-order valence-corrected chi connectivity index (χ3v) is 5.75. The SMILES string of the molecule is CN(C)C1(CNC(=O)Nc2ccc(C(=O)N3CCOCC3)cc2)CCCC1. The molecule has 0 aromatic heterocycles. The molecule has 1 aliphatic carbocycles. The maximum atomic E-state index is 12.4. The first-order valence-electron chi connectivity index (χ1n) is 9.70. The van der Waals surface area contributed by atoms with Crippen LogP contribution in [0.15, 0.2) is 24.3 Å². The number of rotatable bonds is 5. The molecule has 0 spiro atoms. The number of amides is 3. The molecule has 148 valence electrons. The van der Waals surface area contributed by atoms with Crippen molar-refractivity contribution >= 4 is 17.6 Å². The van der Waals surface area contributed by atoms with E-state index in [2.05, 4.69) is 29.6 Å². The zero-order valence-electron chi connectivity index (χ0n) is 16.3. The highest BCUT2D eigenvalue weighted by Gasteiger charge is 2.36. The van der Waals surface area contributed by atoms with Gasteiger partial charge in [0.25, 0.3) is 5.91 Å². The van der Waals surface area contributed by atoms with Gasteiger partial charge < -0.3 is 25.2 Å². The number of nitrogens with zero attached hydrogens (tertiary/aromatic N) is 2. The molecule has 2 aliphatic rings. The number of morpholine rings is 1. The first kappa shape index (κ1) is 19.6. The maximum Gasteiger partial charge on any atom is 0.319 e. The molecule has 3 amide bonds. The number of nitrogens with one attached hydrogen (secondary N) is 2. The fraction of sp³-hybridized carbons (Fsp3) is 0.600. The second-order valence-electron chi connectivity index (χ2n) is 7.62. The van der Waals surface area contributed by atoms with E-state index in [0.29, 0.717) is 44.1 Å². The quantitative estimate of drug-likeness (QED) is 0.828. The zero-order chi connectivity index (χ0) is 19.3. The van der Waals surface area contributed by atoms with Gasteiger partial charge in [0.15, 0.2) is 0 Å². The van der Waals surface area contributed by atoms with Gasteiger partial charge in [-0.3, -0.25) is 4.79 Å². The topological polar surface area (TPSA) is 73.9 Å². The van der Waals surface area contributed by atoms with E-state index in [1.807, 2.05) is 0 Å². The molecule has 2 fully saturated rings. The Balaban J connectivity index is 1.51. The third-order valence-electron chi connectivity index (χ3n) is 5.75. The van der Waals surface area contributed by atoms with Crippen LogP contribution in [0.25, 0.3) is 0 Å². The van der Waals surface area contributed by atoms with Crippen molar-refractivity contribution < 1.29 is 14.3 Å². The number of urea groups is 1. The van der Waals surface area contributed by atoms with E-state index >= 15 is 0 Å². The fourth-order valence-electron chi connectivity index (χ4n) is 3.88. The van der Waals surface area contributed by atoms with E-state index in [4.69, 9.17) is 4.74 Å². The molecule has 0 radical (unpaired) electrons. The Morgan fingerprint density at radius 1 is 1.11 bits per heavy atom. The molecule has 1 aliphatic heterocycles. The number of hydrogen-bond donors (Lipinski definition) is 2. The van der Waals surface area contributed by atoms with Crippen molar-refractivity contribution in [3.63, 3.8) is 0 Å². The Bertz CT molecular complexity index is 648. The molecular formula is C20H30N4O3. The molecule has 0 bridgehead atoms. The minimum Gasteiger partial charge on any atom is -0.378 e. The summed E-state index contributed by atoms with van der Waals surface area (Å²) in [5.74, 6) is 0.00320. The third kappa shape index (κ3) is 4.78. The van der Waals surface area contributed by atoms with Crippen molar-refractivity contribution in [3.8, 4) is 0 Å². The van der Waals surface area contributed by atoms with E-state index in [1.165, 1.54) is 12.8 Å². The number of anilines is 1. The second kappa shape index (κ2) is 8.71. The van der Waals surface area contributed by atoms with E-state index in [9.17, 15) is 9.59 Å². The number of hydrogen-bond acceptors (Lipinski definition) is 4. The highest BCUT2D eigenvalue weighted by molar-refractivity contribution is 5.95. The zero-order valence-corrected chi connectivity index (χ0v) is 16.3. The number of benzene rings is 1. The van der Waals surface area contributed by atoms with Crippen molar-refractivity contribution in [1.82, 2.24) is 15.1 Å².